The van der Waals surface area contributed by atoms with Gasteiger partial charge in [0.15, 0.2) is 0 Å². The molecule has 8 heteroatoms. The molecule has 6 nitrogen and oxygen atoms in total. The average Bonchev–Trinajstić information content (AvgIpc) is 2.61. The summed E-state index contributed by atoms with van der Waals surface area (Å²) in [5, 5.41) is 0. The van der Waals surface area contributed by atoms with Crippen LogP contribution in [-0.2, 0) is 26.2 Å². The molecule has 1 N–H and O–H groups in total. The van der Waals surface area contributed by atoms with Gasteiger partial charge in [0, 0.05) is 11.0 Å². The summed E-state index contributed by atoms with van der Waals surface area (Å²) < 4.78 is 28.1. The highest BCUT2D eigenvalue weighted by Crippen LogP contribution is 2.20. The van der Waals surface area contributed by atoms with E-state index < -0.39 is 15.9 Å². The third-order valence-corrected chi connectivity index (χ3v) is 5.92. The van der Waals surface area contributed by atoms with E-state index >= 15 is 0 Å². The Labute approximate surface area is 162 Å². The normalized spacial score (nSPS) is 11.5. The number of hydrogen-bond donors (Lipinski definition) is 1. The second-order valence-corrected chi connectivity index (χ2v) is 8.52. The number of hydrogen-bond acceptors (Lipinski definition) is 4. The van der Waals surface area contributed by atoms with Gasteiger partial charge in [0.1, 0.15) is 0 Å². The third-order valence-electron chi connectivity index (χ3n) is 3.58. The van der Waals surface area contributed by atoms with E-state index in [2.05, 4.69) is 21.4 Å². The van der Waals surface area contributed by atoms with Crippen LogP contribution < -0.4 is 5.48 Å². The first-order chi connectivity index (χ1) is 12.3. The topological polar surface area (TPSA) is 75.7 Å². The number of halogens is 1. The van der Waals surface area contributed by atoms with Gasteiger partial charge in [-0.1, -0.05) is 45.8 Å². The van der Waals surface area contributed by atoms with Crippen molar-refractivity contribution in [2.24, 2.45) is 0 Å². The zero-order chi connectivity index (χ0) is 19.2. The van der Waals surface area contributed by atoms with E-state index in [0.717, 1.165) is 19.9 Å². The molecule has 0 saturated heterocycles. The highest BCUT2D eigenvalue weighted by Gasteiger charge is 2.27. The molecular formula is C18H21BrN2O4S. The number of rotatable bonds is 8. The van der Waals surface area contributed by atoms with Gasteiger partial charge in [-0.25, -0.2) is 13.9 Å². The predicted octanol–water partition coefficient (Wildman–Crippen LogP) is 3.02. The van der Waals surface area contributed by atoms with Crippen LogP contribution in [0.25, 0.3) is 0 Å². The van der Waals surface area contributed by atoms with E-state index in [4.69, 9.17) is 4.84 Å². The lowest BCUT2D eigenvalue weighted by Crippen LogP contribution is -2.40. The molecule has 1 amide bonds. The number of sulfonamides is 1. The van der Waals surface area contributed by atoms with E-state index in [-0.39, 0.29) is 18.0 Å². The van der Waals surface area contributed by atoms with Gasteiger partial charge >= 0.3 is 0 Å². The molecule has 140 valence electrons. The summed E-state index contributed by atoms with van der Waals surface area (Å²) in [6.45, 7) is 3.63. The fraction of sp³-hybridized carbons (Fsp3) is 0.278. The zero-order valence-electron chi connectivity index (χ0n) is 14.6. The fourth-order valence-electron chi connectivity index (χ4n) is 2.22. The molecule has 0 radical (unpaired) electrons. The summed E-state index contributed by atoms with van der Waals surface area (Å²) in [5.74, 6) is -0.528. The van der Waals surface area contributed by atoms with Crippen molar-refractivity contribution in [1.29, 1.82) is 0 Å². The second-order valence-electron chi connectivity index (χ2n) is 5.67. The summed E-state index contributed by atoms with van der Waals surface area (Å²) >= 11 is 3.35. The molecule has 2 aromatic carbocycles. The summed E-state index contributed by atoms with van der Waals surface area (Å²) in [7, 11) is -3.84. The van der Waals surface area contributed by atoms with Crippen LogP contribution in [0, 0.1) is 6.92 Å². The molecule has 0 fully saturated rings. The monoisotopic (exact) mass is 440 g/mol. The molecule has 0 bridgehead atoms. The average molecular weight is 441 g/mol. The largest absolute Gasteiger partial charge is 0.274 e. The maximum Gasteiger partial charge on any atom is 0.258 e. The molecule has 2 rings (SSSR count). The SMILES string of the molecule is CCONC(=O)CN(Cc1ccc(Br)cc1)S(=O)(=O)c1ccc(C)cc1. The predicted molar refractivity (Wildman–Crippen MR) is 103 cm³/mol. The molecule has 0 saturated carbocycles. The van der Waals surface area contributed by atoms with Crippen molar-refractivity contribution in [3.05, 3.63) is 64.1 Å². The third kappa shape index (κ3) is 5.63. The lowest BCUT2D eigenvalue weighted by atomic mass is 10.2. The standard InChI is InChI=1S/C18H21BrN2O4S/c1-3-25-20-18(22)13-21(12-15-6-8-16(19)9-7-15)26(23,24)17-10-4-14(2)5-11-17/h4-11H,3,12-13H2,1-2H3,(H,20,22). The van der Waals surface area contributed by atoms with Crippen molar-refractivity contribution in [2.45, 2.75) is 25.3 Å². The van der Waals surface area contributed by atoms with Gasteiger partial charge in [-0.2, -0.15) is 4.31 Å². The van der Waals surface area contributed by atoms with Crippen molar-refractivity contribution in [3.8, 4) is 0 Å². The molecule has 26 heavy (non-hydrogen) atoms. The van der Waals surface area contributed by atoms with E-state index in [0.29, 0.717) is 6.61 Å². The smallest absolute Gasteiger partial charge is 0.258 e. The zero-order valence-corrected chi connectivity index (χ0v) is 17.0. The molecule has 0 aliphatic heterocycles. The summed E-state index contributed by atoms with van der Waals surface area (Å²) in [6, 6.07) is 13.8. The van der Waals surface area contributed by atoms with Gasteiger partial charge < -0.3 is 0 Å². The highest BCUT2D eigenvalue weighted by atomic mass is 79.9. The molecular weight excluding hydrogens is 420 g/mol. The molecule has 0 atom stereocenters. The number of amides is 1. The van der Waals surface area contributed by atoms with E-state index in [9.17, 15) is 13.2 Å². The van der Waals surface area contributed by atoms with Crippen LogP contribution >= 0.6 is 15.9 Å². The molecule has 2 aromatic rings. The Morgan fingerprint density at radius 3 is 2.31 bits per heavy atom. The second kappa shape index (κ2) is 9.27. The number of carbonyl (C=O) groups is 1. The molecule has 0 heterocycles. The molecule has 0 unspecified atom stereocenters. The number of nitrogens with one attached hydrogen (secondary N) is 1. The lowest BCUT2D eigenvalue weighted by Gasteiger charge is -2.22. The molecule has 0 aliphatic rings. The maximum absolute atomic E-state index is 13.0. The first-order valence-electron chi connectivity index (χ1n) is 8.05. The Kier molecular flexibility index (Phi) is 7.33. The van der Waals surface area contributed by atoms with Gasteiger partial charge in [0.25, 0.3) is 5.91 Å². The highest BCUT2D eigenvalue weighted by molar-refractivity contribution is 9.10. The van der Waals surface area contributed by atoms with Gasteiger partial charge in [0.2, 0.25) is 10.0 Å². The fourth-order valence-corrected chi connectivity index (χ4v) is 3.87. The number of nitrogens with zero attached hydrogens (tertiary/aromatic N) is 1. The van der Waals surface area contributed by atoms with Gasteiger partial charge in [0.05, 0.1) is 18.0 Å². The van der Waals surface area contributed by atoms with Crippen molar-refractivity contribution < 1.29 is 18.0 Å². The van der Waals surface area contributed by atoms with Crippen LogP contribution in [0.2, 0.25) is 0 Å². The minimum absolute atomic E-state index is 0.0725. The minimum atomic E-state index is -3.84. The van der Waals surface area contributed by atoms with Crippen LogP contribution in [-0.4, -0.2) is 31.8 Å². The van der Waals surface area contributed by atoms with E-state index in [1.165, 1.54) is 0 Å². The van der Waals surface area contributed by atoms with E-state index in [1.54, 1.807) is 31.2 Å². The Morgan fingerprint density at radius 1 is 1.12 bits per heavy atom. The Morgan fingerprint density at radius 2 is 1.73 bits per heavy atom. The summed E-state index contributed by atoms with van der Waals surface area (Å²) in [6.07, 6.45) is 0. The Bertz CT molecular complexity index is 836. The number of hydroxylamine groups is 1. The maximum atomic E-state index is 13.0. The van der Waals surface area contributed by atoms with Crippen LogP contribution in [0.5, 0.6) is 0 Å². The van der Waals surface area contributed by atoms with E-state index in [1.807, 2.05) is 31.2 Å². The number of aryl methyl sites for hydroxylation is 1. The minimum Gasteiger partial charge on any atom is -0.274 e. The first kappa shape index (κ1) is 20.6. The van der Waals surface area contributed by atoms with Crippen molar-refractivity contribution in [2.75, 3.05) is 13.2 Å². The first-order valence-corrected chi connectivity index (χ1v) is 10.3. The number of carbonyl (C=O) groups excluding carboxylic acids is 1. The lowest BCUT2D eigenvalue weighted by molar-refractivity contribution is -0.133. The van der Waals surface area contributed by atoms with Crippen molar-refractivity contribution >= 4 is 31.9 Å². The van der Waals surface area contributed by atoms with Crippen LogP contribution in [0.4, 0.5) is 0 Å². The molecule has 0 aromatic heterocycles. The summed E-state index contributed by atoms with van der Waals surface area (Å²) in [4.78, 5) is 17.1. The van der Waals surface area contributed by atoms with Gasteiger partial charge in [-0.15, -0.1) is 0 Å². The van der Waals surface area contributed by atoms with Crippen molar-refractivity contribution in [1.82, 2.24) is 9.79 Å². The quantitative estimate of drug-likeness (QED) is 0.640. The molecule has 0 aliphatic carbocycles. The summed E-state index contributed by atoms with van der Waals surface area (Å²) in [5.41, 5.74) is 3.97. The van der Waals surface area contributed by atoms with Crippen LogP contribution in [0.3, 0.4) is 0 Å². The molecule has 0 spiro atoms. The Balaban J connectivity index is 2.30. The van der Waals surface area contributed by atoms with Crippen LogP contribution in [0.15, 0.2) is 57.9 Å². The van der Waals surface area contributed by atoms with Gasteiger partial charge in [-0.05, 0) is 43.7 Å². The van der Waals surface area contributed by atoms with Crippen LogP contribution in [0.1, 0.15) is 18.1 Å². The van der Waals surface area contributed by atoms with Gasteiger partial charge in [-0.3, -0.25) is 9.63 Å². The number of benzene rings is 2. The van der Waals surface area contributed by atoms with Crippen molar-refractivity contribution in [3.63, 3.8) is 0 Å². The Hall–Kier alpha value is -1.74.